The molecule has 0 aliphatic heterocycles. The standard InChI is InChI=1S/C19H22ClN5O2/c20-16-9-5-4-8-15(16)12-22-19-17(25(26)27)18(23-13-24-19)21-11-10-14-6-2-1-3-7-14/h4-6,8-9,13H,1-3,7,10-12H2,(H2,21,22,23,24). The van der Waals surface area contributed by atoms with E-state index in [9.17, 15) is 10.1 Å². The molecule has 142 valence electrons. The molecule has 0 amide bonds. The molecule has 1 heterocycles. The molecule has 2 aromatic rings. The Morgan fingerprint density at radius 2 is 1.93 bits per heavy atom. The quantitative estimate of drug-likeness (QED) is 0.378. The molecular formula is C19H22ClN5O2. The van der Waals surface area contributed by atoms with Crippen molar-refractivity contribution in [2.24, 2.45) is 0 Å². The van der Waals surface area contributed by atoms with Gasteiger partial charge in [0.25, 0.3) is 0 Å². The van der Waals surface area contributed by atoms with Gasteiger partial charge in [-0.15, -0.1) is 0 Å². The average molecular weight is 388 g/mol. The molecule has 1 aromatic carbocycles. The molecule has 0 unspecified atom stereocenters. The summed E-state index contributed by atoms with van der Waals surface area (Å²) in [5, 5.41) is 18.3. The van der Waals surface area contributed by atoms with Crippen molar-refractivity contribution in [3.05, 3.63) is 62.9 Å². The third kappa shape index (κ3) is 5.17. The van der Waals surface area contributed by atoms with Crippen molar-refractivity contribution in [3.63, 3.8) is 0 Å². The zero-order chi connectivity index (χ0) is 19.1. The van der Waals surface area contributed by atoms with Crippen LogP contribution in [-0.2, 0) is 6.54 Å². The lowest BCUT2D eigenvalue weighted by atomic mass is 9.97. The van der Waals surface area contributed by atoms with Crippen LogP contribution in [0.4, 0.5) is 17.3 Å². The summed E-state index contributed by atoms with van der Waals surface area (Å²) in [4.78, 5) is 19.2. The molecule has 1 aromatic heterocycles. The summed E-state index contributed by atoms with van der Waals surface area (Å²) >= 11 is 6.14. The SMILES string of the molecule is O=[N+]([O-])c1c(NCCC2=CCCCC2)ncnc1NCc1ccccc1Cl. The Bertz CT molecular complexity index is 841. The first-order valence-electron chi connectivity index (χ1n) is 9.03. The largest absolute Gasteiger partial charge is 0.364 e. The Morgan fingerprint density at radius 3 is 2.63 bits per heavy atom. The summed E-state index contributed by atoms with van der Waals surface area (Å²) in [5.74, 6) is 0.405. The third-order valence-corrected chi connectivity index (χ3v) is 4.90. The number of hydrogen-bond acceptors (Lipinski definition) is 6. The molecular weight excluding hydrogens is 366 g/mol. The second kappa shape index (κ2) is 9.32. The van der Waals surface area contributed by atoms with Gasteiger partial charge in [-0.3, -0.25) is 10.1 Å². The molecule has 2 N–H and O–H groups in total. The number of rotatable bonds is 8. The first kappa shape index (κ1) is 19.1. The molecule has 0 atom stereocenters. The maximum Gasteiger partial charge on any atom is 0.353 e. The Labute approximate surface area is 163 Å². The minimum atomic E-state index is -0.461. The van der Waals surface area contributed by atoms with Crippen LogP contribution in [0, 0.1) is 10.1 Å². The molecule has 0 saturated heterocycles. The van der Waals surface area contributed by atoms with Gasteiger partial charge in [0.2, 0.25) is 11.6 Å². The predicted molar refractivity (Wildman–Crippen MR) is 107 cm³/mol. The van der Waals surface area contributed by atoms with Gasteiger partial charge in [-0.05, 0) is 43.7 Å². The molecule has 0 saturated carbocycles. The van der Waals surface area contributed by atoms with Gasteiger partial charge in [0.1, 0.15) is 6.33 Å². The van der Waals surface area contributed by atoms with E-state index in [0.29, 0.717) is 18.1 Å². The zero-order valence-corrected chi connectivity index (χ0v) is 15.7. The minimum Gasteiger partial charge on any atom is -0.364 e. The second-order valence-electron chi connectivity index (χ2n) is 6.41. The first-order valence-corrected chi connectivity index (χ1v) is 9.41. The van der Waals surface area contributed by atoms with E-state index < -0.39 is 4.92 Å². The maximum absolute atomic E-state index is 11.6. The van der Waals surface area contributed by atoms with Crippen molar-refractivity contribution in [2.75, 3.05) is 17.2 Å². The normalized spacial score (nSPS) is 13.7. The zero-order valence-electron chi connectivity index (χ0n) is 14.9. The number of anilines is 2. The van der Waals surface area contributed by atoms with Crippen LogP contribution >= 0.6 is 11.6 Å². The lowest BCUT2D eigenvalue weighted by Gasteiger charge is -2.14. The van der Waals surface area contributed by atoms with Crippen LogP contribution in [0.5, 0.6) is 0 Å². The van der Waals surface area contributed by atoms with E-state index in [2.05, 4.69) is 26.7 Å². The molecule has 0 radical (unpaired) electrons. The van der Waals surface area contributed by atoms with E-state index in [0.717, 1.165) is 24.8 Å². The summed E-state index contributed by atoms with van der Waals surface area (Å²) in [7, 11) is 0. The molecule has 27 heavy (non-hydrogen) atoms. The van der Waals surface area contributed by atoms with Crippen molar-refractivity contribution in [3.8, 4) is 0 Å². The number of nitrogens with zero attached hydrogens (tertiary/aromatic N) is 3. The van der Waals surface area contributed by atoms with Crippen LogP contribution < -0.4 is 10.6 Å². The lowest BCUT2D eigenvalue weighted by molar-refractivity contribution is -0.383. The van der Waals surface area contributed by atoms with Gasteiger partial charge in [-0.2, -0.15) is 0 Å². The Hall–Kier alpha value is -2.67. The van der Waals surface area contributed by atoms with Crippen molar-refractivity contribution >= 4 is 28.9 Å². The van der Waals surface area contributed by atoms with Crippen LogP contribution in [0.25, 0.3) is 0 Å². The number of halogens is 1. The Morgan fingerprint density at radius 1 is 1.15 bits per heavy atom. The van der Waals surface area contributed by atoms with Gasteiger partial charge in [0.15, 0.2) is 0 Å². The number of aromatic nitrogens is 2. The van der Waals surface area contributed by atoms with Crippen LogP contribution in [0.2, 0.25) is 5.02 Å². The fraction of sp³-hybridized carbons (Fsp3) is 0.368. The highest BCUT2D eigenvalue weighted by molar-refractivity contribution is 6.31. The van der Waals surface area contributed by atoms with Gasteiger partial charge in [0.05, 0.1) is 4.92 Å². The van der Waals surface area contributed by atoms with Gasteiger partial charge in [0, 0.05) is 18.1 Å². The summed E-state index contributed by atoms with van der Waals surface area (Å²) < 4.78 is 0. The molecule has 0 spiro atoms. The van der Waals surface area contributed by atoms with Crippen molar-refractivity contribution in [1.29, 1.82) is 0 Å². The summed E-state index contributed by atoms with van der Waals surface area (Å²) in [6.07, 6.45) is 9.16. The number of hydrogen-bond donors (Lipinski definition) is 2. The van der Waals surface area contributed by atoms with Crippen LogP contribution in [0.15, 0.2) is 42.2 Å². The molecule has 1 aliphatic rings. The van der Waals surface area contributed by atoms with E-state index >= 15 is 0 Å². The Kier molecular flexibility index (Phi) is 6.59. The maximum atomic E-state index is 11.6. The summed E-state index contributed by atoms with van der Waals surface area (Å²) in [5.41, 5.74) is 2.09. The number of nitro groups is 1. The summed E-state index contributed by atoms with van der Waals surface area (Å²) in [6.45, 7) is 0.942. The first-order chi connectivity index (χ1) is 13.1. The van der Waals surface area contributed by atoms with Crippen molar-refractivity contribution in [2.45, 2.75) is 38.6 Å². The number of benzene rings is 1. The van der Waals surface area contributed by atoms with Gasteiger partial charge >= 0.3 is 5.69 Å². The molecule has 7 nitrogen and oxygen atoms in total. The fourth-order valence-corrected chi connectivity index (χ4v) is 3.31. The van der Waals surface area contributed by atoms with Crippen LogP contribution in [0.1, 0.15) is 37.7 Å². The second-order valence-corrected chi connectivity index (χ2v) is 6.81. The number of allylic oxidation sites excluding steroid dienone is 1. The number of nitrogens with one attached hydrogen (secondary N) is 2. The molecule has 0 fully saturated rings. The van der Waals surface area contributed by atoms with Gasteiger partial charge in [-0.25, -0.2) is 9.97 Å². The van der Waals surface area contributed by atoms with Crippen molar-refractivity contribution in [1.82, 2.24) is 9.97 Å². The molecule has 0 bridgehead atoms. The topological polar surface area (TPSA) is 93.0 Å². The van der Waals surface area contributed by atoms with Gasteiger partial charge in [-0.1, -0.05) is 41.4 Å². The molecule has 1 aliphatic carbocycles. The van der Waals surface area contributed by atoms with E-state index in [1.54, 1.807) is 6.07 Å². The fourth-order valence-electron chi connectivity index (χ4n) is 3.10. The third-order valence-electron chi connectivity index (χ3n) is 4.53. The van der Waals surface area contributed by atoms with E-state index in [4.69, 9.17) is 11.6 Å². The minimum absolute atomic E-state index is 0.151. The van der Waals surface area contributed by atoms with Crippen LogP contribution in [-0.4, -0.2) is 21.4 Å². The molecule has 8 heteroatoms. The van der Waals surface area contributed by atoms with Crippen LogP contribution in [0.3, 0.4) is 0 Å². The lowest BCUT2D eigenvalue weighted by Crippen LogP contribution is -2.11. The van der Waals surface area contributed by atoms with Gasteiger partial charge < -0.3 is 10.6 Å². The molecule has 3 rings (SSSR count). The highest BCUT2D eigenvalue weighted by atomic mass is 35.5. The predicted octanol–water partition coefficient (Wildman–Crippen LogP) is 4.95. The highest BCUT2D eigenvalue weighted by Crippen LogP contribution is 2.30. The Balaban J connectivity index is 1.69. The van der Waals surface area contributed by atoms with Crippen molar-refractivity contribution < 1.29 is 4.92 Å². The monoisotopic (exact) mass is 387 g/mol. The average Bonchev–Trinajstić information content (AvgIpc) is 2.68. The highest BCUT2D eigenvalue weighted by Gasteiger charge is 2.22. The van der Waals surface area contributed by atoms with E-state index in [-0.39, 0.29) is 17.3 Å². The summed E-state index contributed by atoms with van der Waals surface area (Å²) in [6, 6.07) is 7.34. The van der Waals surface area contributed by atoms with E-state index in [1.165, 1.54) is 24.7 Å². The van der Waals surface area contributed by atoms with E-state index in [1.807, 2.05) is 18.2 Å². The smallest absolute Gasteiger partial charge is 0.353 e.